The molecule has 0 aliphatic carbocycles. The van der Waals surface area contributed by atoms with Gasteiger partial charge in [0.2, 0.25) is 5.91 Å². The Kier molecular flexibility index (Phi) is 6.30. The molecule has 0 saturated carbocycles. The van der Waals surface area contributed by atoms with Gasteiger partial charge < -0.3 is 15.3 Å². The number of carboxylic acids is 1. The second-order valence-corrected chi connectivity index (χ2v) is 5.09. The number of nitrogens with one attached hydrogen (secondary N) is 1. The van der Waals surface area contributed by atoms with Crippen molar-refractivity contribution in [2.24, 2.45) is 0 Å². The average molecular weight is 331 g/mol. The molecule has 8 heteroatoms. The van der Waals surface area contributed by atoms with Crippen molar-refractivity contribution in [3.8, 4) is 0 Å². The number of hydrogen-bond acceptors (Lipinski definition) is 3. The molecular formula is C14H16ClFN2O4. The zero-order valence-electron chi connectivity index (χ0n) is 12.1. The summed E-state index contributed by atoms with van der Waals surface area (Å²) in [7, 11) is 0. The summed E-state index contributed by atoms with van der Waals surface area (Å²) in [5.74, 6) is -2.88. The predicted molar refractivity (Wildman–Crippen MR) is 78.2 cm³/mol. The molecule has 22 heavy (non-hydrogen) atoms. The largest absolute Gasteiger partial charge is 0.480 e. The summed E-state index contributed by atoms with van der Waals surface area (Å²) >= 11 is 5.70. The topological polar surface area (TPSA) is 86.7 Å². The molecule has 0 heterocycles. The maximum atomic E-state index is 13.3. The molecule has 0 bridgehead atoms. The summed E-state index contributed by atoms with van der Waals surface area (Å²) in [4.78, 5) is 35.4. The number of amides is 2. The third kappa shape index (κ3) is 5.00. The lowest BCUT2D eigenvalue weighted by Gasteiger charge is -2.26. The van der Waals surface area contributed by atoms with E-state index in [-0.39, 0.29) is 29.6 Å². The second-order valence-electron chi connectivity index (χ2n) is 4.65. The van der Waals surface area contributed by atoms with Crippen LogP contribution in [0, 0.1) is 5.82 Å². The Balaban J connectivity index is 3.00. The highest BCUT2D eigenvalue weighted by Gasteiger charge is 2.26. The number of benzene rings is 1. The highest BCUT2D eigenvalue weighted by molar-refractivity contribution is 6.31. The highest BCUT2D eigenvalue weighted by atomic mass is 35.5. The van der Waals surface area contributed by atoms with Gasteiger partial charge >= 0.3 is 5.97 Å². The molecule has 0 spiro atoms. The van der Waals surface area contributed by atoms with Crippen LogP contribution in [0.4, 0.5) is 4.39 Å². The summed E-state index contributed by atoms with van der Waals surface area (Å²) in [6, 6.07) is 2.14. The Morgan fingerprint density at radius 3 is 2.50 bits per heavy atom. The second kappa shape index (κ2) is 7.74. The molecule has 0 aliphatic rings. The molecule has 1 aromatic carbocycles. The quantitative estimate of drug-likeness (QED) is 0.828. The Hall–Kier alpha value is -2.15. The van der Waals surface area contributed by atoms with Crippen molar-refractivity contribution < 1.29 is 23.9 Å². The van der Waals surface area contributed by atoms with Gasteiger partial charge in [-0.2, -0.15) is 0 Å². The van der Waals surface area contributed by atoms with Crippen molar-refractivity contribution in [2.75, 3.05) is 13.1 Å². The first-order chi connectivity index (χ1) is 10.2. The van der Waals surface area contributed by atoms with Gasteiger partial charge in [0, 0.05) is 30.6 Å². The van der Waals surface area contributed by atoms with E-state index in [1.54, 1.807) is 0 Å². The fourth-order valence-corrected chi connectivity index (χ4v) is 2.02. The minimum Gasteiger partial charge on any atom is -0.480 e. The fraction of sp³-hybridized carbons (Fsp3) is 0.357. The number of nitrogens with zero attached hydrogens (tertiary/aromatic N) is 1. The van der Waals surface area contributed by atoms with Gasteiger partial charge in [-0.15, -0.1) is 0 Å². The Labute approximate surface area is 131 Å². The van der Waals surface area contributed by atoms with Crippen molar-refractivity contribution in [3.05, 3.63) is 34.6 Å². The average Bonchev–Trinajstić information content (AvgIpc) is 2.40. The molecule has 0 fully saturated rings. The predicted octanol–water partition coefficient (Wildman–Crippen LogP) is 1.53. The van der Waals surface area contributed by atoms with Gasteiger partial charge in [-0.25, -0.2) is 9.18 Å². The Bertz CT molecular complexity index is 574. The molecule has 1 unspecified atom stereocenters. The van der Waals surface area contributed by atoms with Crippen LogP contribution in [0.2, 0.25) is 5.02 Å². The van der Waals surface area contributed by atoms with Crippen molar-refractivity contribution in [2.45, 2.75) is 19.9 Å². The van der Waals surface area contributed by atoms with E-state index in [1.165, 1.54) is 19.9 Å². The van der Waals surface area contributed by atoms with Gasteiger partial charge in [0.15, 0.2) is 0 Å². The first-order valence-corrected chi connectivity index (χ1v) is 6.84. The molecule has 120 valence electrons. The van der Waals surface area contributed by atoms with Crippen LogP contribution in [0.5, 0.6) is 0 Å². The number of rotatable bonds is 6. The van der Waals surface area contributed by atoms with E-state index in [2.05, 4.69) is 5.32 Å². The van der Waals surface area contributed by atoms with Crippen LogP contribution in [0.25, 0.3) is 0 Å². The summed E-state index contributed by atoms with van der Waals surface area (Å²) in [5.41, 5.74) is -0.0547. The number of carbonyl (C=O) groups excluding carboxylic acids is 2. The van der Waals surface area contributed by atoms with E-state index >= 15 is 0 Å². The number of aliphatic carboxylic acids is 1. The van der Waals surface area contributed by atoms with Crippen LogP contribution < -0.4 is 5.32 Å². The molecule has 1 rings (SSSR count). The number of carbonyl (C=O) groups is 3. The third-order valence-electron chi connectivity index (χ3n) is 2.92. The monoisotopic (exact) mass is 330 g/mol. The summed E-state index contributed by atoms with van der Waals surface area (Å²) in [5, 5.41) is 11.6. The molecule has 0 radical (unpaired) electrons. The summed E-state index contributed by atoms with van der Waals surface area (Å²) < 4.78 is 13.3. The van der Waals surface area contributed by atoms with Crippen LogP contribution in [-0.4, -0.2) is 46.9 Å². The lowest BCUT2D eigenvalue weighted by molar-refractivity contribution is -0.141. The van der Waals surface area contributed by atoms with Gasteiger partial charge in [-0.3, -0.25) is 9.59 Å². The number of halogens is 2. The minimum absolute atomic E-state index is 0.0278. The maximum absolute atomic E-state index is 13.3. The van der Waals surface area contributed by atoms with E-state index in [0.717, 1.165) is 17.0 Å². The van der Waals surface area contributed by atoms with E-state index in [4.69, 9.17) is 16.7 Å². The van der Waals surface area contributed by atoms with Crippen molar-refractivity contribution in [3.63, 3.8) is 0 Å². The van der Waals surface area contributed by atoms with Gasteiger partial charge in [0.1, 0.15) is 11.9 Å². The lowest BCUT2D eigenvalue weighted by Crippen LogP contribution is -2.46. The van der Waals surface area contributed by atoms with Crippen LogP contribution >= 0.6 is 11.6 Å². The molecule has 0 saturated heterocycles. The zero-order valence-corrected chi connectivity index (χ0v) is 12.9. The van der Waals surface area contributed by atoms with Crippen molar-refractivity contribution >= 4 is 29.4 Å². The highest BCUT2D eigenvalue weighted by Crippen LogP contribution is 2.17. The number of carboxylic acid groups (broad SMARTS) is 1. The third-order valence-corrected chi connectivity index (χ3v) is 3.14. The summed E-state index contributed by atoms with van der Waals surface area (Å²) in [6.07, 6.45) is 0. The molecule has 1 aromatic rings. The zero-order chi connectivity index (χ0) is 16.9. The van der Waals surface area contributed by atoms with Crippen LogP contribution in [0.15, 0.2) is 18.2 Å². The van der Waals surface area contributed by atoms with Crippen molar-refractivity contribution in [1.82, 2.24) is 10.2 Å². The van der Waals surface area contributed by atoms with Gasteiger partial charge in [0.25, 0.3) is 5.91 Å². The normalized spacial score (nSPS) is 11.6. The first kappa shape index (κ1) is 17.9. The maximum Gasteiger partial charge on any atom is 0.326 e. The standard InChI is InChI=1S/C14H16ClFN2O4/c1-8(14(21)22)18(4-3-17-9(2)19)13(20)10-5-11(15)7-12(16)6-10/h5-8H,3-4H2,1-2H3,(H,17,19)(H,21,22). The smallest absolute Gasteiger partial charge is 0.326 e. The van der Waals surface area contributed by atoms with Gasteiger partial charge in [-0.1, -0.05) is 11.6 Å². The molecule has 1 atom stereocenters. The molecule has 6 nitrogen and oxygen atoms in total. The lowest BCUT2D eigenvalue weighted by atomic mass is 10.1. The molecule has 2 N–H and O–H groups in total. The summed E-state index contributed by atoms with van der Waals surface area (Å²) in [6.45, 7) is 2.69. The SMILES string of the molecule is CC(=O)NCCN(C(=O)c1cc(F)cc(Cl)c1)C(C)C(=O)O. The van der Waals surface area contributed by atoms with Crippen LogP contribution in [0.1, 0.15) is 24.2 Å². The van der Waals surface area contributed by atoms with Gasteiger partial charge in [0.05, 0.1) is 0 Å². The Morgan fingerprint density at radius 1 is 1.36 bits per heavy atom. The minimum atomic E-state index is -1.21. The molecule has 0 aliphatic heterocycles. The van der Waals surface area contributed by atoms with E-state index < -0.39 is 23.7 Å². The molecule has 2 amide bonds. The number of hydrogen-bond donors (Lipinski definition) is 2. The van der Waals surface area contributed by atoms with Crippen molar-refractivity contribution in [1.29, 1.82) is 0 Å². The van der Waals surface area contributed by atoms with E-state index in [0.29, 0.717) is 0 Å². The van der Waals surface area contributed by atoms with E-state index in [9.17, 15) is 18.8 Å². The molecule has 0 aromatic heterocycles. The van der Waals surface area contributed by atoms with Crippen LogP contribution in [-0.2, 0) is 9.59 Å². The van der Waals surface area contributed by atoms with E-state index in [1.807, 2.05) is 0 Å². The molecular weight excluding hydrogens is 315 g/mol. The fourth-order valence-electron chi connectivity index (χ4n) is 1.80. The van der Waals surface area contributed by atoms with Crippen LogP contribution in [0.3, 0.4) is 0 Å². The first-order valence-electron chi connectivity index (χ1n) is 6.46. The Morgan fingerprint density at radius 2 is 2.00 bits per heavy atom. The van der Waals surface area contributed by atoms with Gasteiger partial charge in [-0.05, 0) is 25.1 Å².